The molecule has 8 nitrogen and oxygen atoms in total. The minimum atomic E-state index is -0.191. The summed E-state index contributed by atoms with van der Waals surface area (Å²) in [6.45, 7) is 1.91. The summed E-state index contributed by atoms with van der Waals surface area (Å²) in [5.41, 5.74) is 2.77. The molecule has 0 saturated heterocycles. The van der Waals surface area contributed by atoms with E-state index in [0.29, 0.717) is 16.6 Å². The van der Waals surface area contributed by atoms with Crippen LogP contribution in [0.1, 0.15) is 20.4 Å². The van der Waals surface area contributed by atoms with Crippen LogP contribution in [0.25, 0.3) is 16.8 Å². The van der Waals surface area contributed by atoms with Gasteiger partial charge in [-0.2, -0.15) is 4.98 Å². The summed E-state index contributed by atoms with van der Waals surface area (Å²) in [6.07, 6.45) is 6.63. The van der Waals surface area contributed by atoms with Crippen molar-refractivity contribution in [2.75, 3.05) is 14.2 Å². The highest BCUT2D eigenvalue weighted by molar-refractivity contribution is 7.13. The number of rotatable bonds is 6. The fourth-order valence-electron chi connectivity index (χ4n) is 2.79. The summed E-state index contributed by atoms with van der Waals surface area (Å²) in [5, 5.41) is 0.432. The van der Waals surface area contributed by atoms with E-state index in [1.54, 1.807) is 36.6 Å². The van der Waals surface area contributed by atoms with E-state index < -0.39 is 0 Å². The Kier molecular flexibility index (Phi) is 5.05. The molecule has 0 aliphatic heterocycles. The number of carbonyl (C=O) groups is 1. The molecule has 1 aromatic carbocycles. The van der Waals surface area contributed by atoms with Gasteiger partial charge in [-0.3, -0.25) is 4.79 Å². The van der Waals surface area contributed by atoms with Crippen molar-refractivity contribution >= 4 is 17.1 Å². The van der Waals surface area contributed by atoms with Gasteiger partial charge in [-0.25, -0.2) is 15.0 Å². The van der Waals surface area contributed by atoms with Crippen molar-refractivity contribution in [1.82, 2.24) is 24.5 Å². The molecule has 4 rings (SSSR count). The predicted molar refractivity (Wildman–Crippen MR) is 108 cm³/mol. The monoisotopic (exact) mass is 407 g/mol. The largest absolute Gasteiger partial charge is 0.480 e. The lowest BCUT2D eigenvalue weighted by Crippen LogP contribution is -2.00. The molecule has 9 heteroatoms. The van der Waals surface area contributed by atoms with E-state index in [0.717, 1.165) is 21.7 Å². The second-order valence-electron chi connectivity index (χ2n) is 6.10. The van der Waals surface area contributed by atoms with Crippen LogP contribution in [0.15, 0.2) is 49.2 Å². The number of hydrogen-bond acceptors (Lipinski definition) is 8. The topological polar surface area (TPSA) is 92.0 Å². The van der Waals surface area contributed by atoms with Gasteiger partial charge in [0.25, 0.3) is 0 Å². The molecule has 0 radical (unpaired) electrons. The number of ketones is 1. The number of carbonyl (C=O) groups excluding carboxylic acids is 1. The smallest absolute Gasteiger partial charge is 0.319 e. The first-order chi connectivity index (χ1) is 14.1. The van der Waals surface area contributed by atoms with E-state index in [9.17, 15) is 4.79 Å². The highest BCUT2D eigenvalue weighted by Crippen LogP contribution is 2.30. The summed E-state index contributed by atoms with van der Waals surface area (Å²) in [4.78, 5) is 30.3. The molecule has 0 aliphatic rings. The van der Waals surface area contributed by atoms with Crippen molar-refractivity contribution in [2.45, 2.75) is 6.92 Å². The average Bonchev–Trinajstić information content (AvgIpc) is 3.42. The lowest BCUT2D eigenvalue weighted by atomic mass is 10.1. The van der Waals surface area contributed by atoms with Crippen LogP contribution in [-0.2, 0) is 0 Å². The van der Waals surface area contributed by atoms with Crippen molar-refractivity contribution in [1.29, 1.82) is 0 Å². The van der Waals surface area contributed by atoms with E-state index in [2.05, 4.69) is 19.9 Å². The van der Waals surface area contributed by atoms with Gasteiger partial charge in [0, 0.05) is 29.2 Å². The Labute approximate surface area is 170 Å². The van der Waals surface area contributed by atoms with Gasteiger partial charge in [-0.15, -0.1) is 11.3 Å². The molecule has 0 N–H and O–H groups in total. The molecular formula is C20H17N5O3S. The van der Waals surface area contributed by atoms with Crippen molar-refractivity contribution < 1.29 is 14.3 Å². The first kappa shape index (κ1) is 18.8. The molecule has 0 atom stereocenters. The van der Waals surface area contributed by atoms with Gasteiger partial charge in [0.2, 0.25) is 11.7 Å². The zero-order valence-electron chi connectivity index (χ0n) is 16.0. The van der Waals surface area contributed by atoms with E-state index in [1.165, 1.54) is 18.4 Å². The van der Waals surface area contributed by atoms with Crippen LogP contribution in [0.3, 0.4) is 0 Å². The number of benzene rings is 1. The highest BCUT2D eigenvalue weighted by Gasteiger charge is 2.17. The van der Waals surface area contributed by atoms with Crippen molar-refractivity contribution in [3.8, 4) is 28.7 Å². The quantitative estimate of drug-likeness (QED) is 0.453. The number of thiazole rings is 1. The van der Waals surface area contributed by atoms with Crippen LogP contribution in [-0.4, -0.2) is 44.5 Å². The maximum absolute atomic E-state index is 12.6. The molecule has 3 heterocycles. The van der Waals surface area contributed by atoms with Gasteiger partial charge >= 0.3 is 6.01 Å². The molecule has 29 heavy (non-hydrogen) atoms. The molecule has 0 spiro atoms. The van der Waals surface area contributed by atoms with Crippen LogP contribution in [0.4, 0.5) is 0 Å². The number of nitrogens with zero attached hydrogens (tertiary/aromatic N) is 5. The summed E-state index contributed by atoms with van der Waals surface area (Å²) >= 11 is 1.35. The summed E-state index contributed by atoms with van der Waals surface area (Å²) < 4.78 is 12.2. The fourth-order valence-corrected chi connectivity index (χ4v) is 3.50. The lowest BCUT2D eigenvalue weighted by Gasteiger charge is -2.10. The zero-order chi connectivity index (χ0) is 20.4. The number of imidazole rings is 1. The second-order valence-corrected chi connectivity index (χ2v) is 7.34. The fraction of sp³-hybridized carbons (Fsp3) is 0.150. The van der Waals surface area contributed by atoms with Gasteiger partial charge in [0.1, 0.15) is 12.0 Å². The molecule has 0 fully saturated rings. The molecule has 0 amide bonds. The molecule has 146 valence electrons. The number of methoxy groups -OCH3 is 2. The lowest BCUT2D eigenvalue weighted by molar-refractivity contribution is 0.103. The van der Waals surface area contributed by atoms with Gasteiger partial charge in [-0.05, 0) is 24.6 Å². The van der Waals surface area contributed by atoms with Crippen LogP contribution in [0.2, 0.25) is 0 Å². The molecule has 3 aromatic heterocycles. The van der Waals surface area contributed by atoms with Crippen LogP contribution < -0.4 is 9.47 Å². The van der Waals surface area contributed by atoms with Crippen molar-refractivity contribution in [2.24, 2.45) is 0 Å². The summed E-state index contributed by atoms with van der Waals surface area (Å²) in [6, 6.07) is 7.93. The Morgan fingerprint density at radius 1 is 1.10 bits per heavy atom. The average molecular weight is 407 g/mol. The molecular weight excluding hydrogens is 390 g/mol. The van der Waals surface area contributed by atoms with E-state index in [-0.39, 0.29) is 11.8 Å². The van der Waals surface area contributed by atoms with E-state index >= 15 is 0 Å². The number of aryl methyl sites for hydroxylation is 1. The number of hydrogen-bond donors (Lipinski definition) is 0. The van der Waals surface area contributed by atoms with Gasteiger partial charge in [0.05, 0.1) is 19.8 Å². The minimum Gasteiger partial charge on any atom is -0.480 e. The Morgan fingerprint density at radius 2 is 1.97 bits per heavy atom. The SMILES string of the molecule is COc1ncc(-c2cccc(-n3cnc(C(=O)c4ncc(C)s4)c3)c2)c(OC)n1. The number of aromatic nitrogens is 5. The highest BCUT2D eigenvalue weighted by atomic mass is 32.1. The molecule has 0 bridgehead atoms. The van der Waals surface area contributed by atoms with Crippen LogP contribution in [0, 0.1) is 6.92 Å². The molecule has 0 aliphatic carbocycles. The number of ether oxygens (including phenoxy) is 2. The molecule has 0 saturated carbocycles. The maximum atomic E-state index is 12.6. The Morgan fingerprint density at radius 3 is 2.69 bits per heavy atom. The molecule has 4 aromatic rings. The standard InChI is InChI=1S/C20H17N5O3S/c1-12-8-21-19(29-12)17(26)16-10-25(11-23-16)14-6-4-5-13(7-14)15-9-22-20(28-3)24-18(15)27-2/h4-11H,1-3H3. The predicted octanol–water partition coefficient (Wildman–Crippen LogP) is 3.34. The Bertz CT molecular complexity index is 1180. The first-order valence-corrected chi connectivity index (χ1v) is 9.47. The maximum Gasteiger partial charge on any atom is 0.319 e. The van der Waals surface area contributed by atoms with Gasteiger partial charge < -0.3 is 14.0 Å². The summed E-state index contributed by atoms with van der Waals surface area (Å²) in [5.74, 6) is 0.220. The third kappa shape index (κ3) is 3.72. The molecule has 0 unspecified atom stereocenters. The van der Waals surface area contributed by atoms with Gasteiger partial charge in [0.15, 0.2) is 5.01 Å². The second kappa shape index (κ2) is 7.80. The summed E-state index contributed by atoms with van der Waals surface area (Å²) in [7, 11) is 3.04. The zero-order valence-corrected chi connectivity index (χ0v) is 16.8. The van der Waals surface area contributed by atoms with E-state index in [1.807, 2.05) is 31.2 Å². The Balaban J connectivity index is 1.67. The van der Waals surface area contributed by atoms with Crippen LogP contribution >= 0.6 is 11.3 Å². The van der Waals surface area contributed by atoms with E-state index in [4.69, 9.17) is 9.47 Å². The normalized spacial score (nSPS) is 10.7. The Hall–Kier alpha value is -3.59. The minimum absolute atomic E-state index is 0.191. The third-order valence-corrected chi connectivity index (χ3v) is 5.11. The van der Waals surface area contributed by atoms with Crippen molar-refractivity contribution in [3.05, 3.63) is 64.8 Å². The van der Waals surface area contributed by atoms with Gasteiger partial charge in [-0.1, -0.05) is 12.1 Å². The first-order valence-electron chi connectivity index (χ1n) is 8.66. The third-order valence-electron chi connectivity index (χ3n) is 4.19. The van der Waals surface area contributed by atoms with Crippen molar-refractivity contribution in [3.63, 3.8) is 0 Å². The van der Waals surface area contributed by atoms with Crippen LogP contribution in [0.5, 0.6) is 11.9 Å².